The molecule has 2 aromatic carbocycles. The number of aromatic nitrogens is 1. The quantitative estimate of drug-likeness (QED) is 0.746. The molecule has 1 fully saturated rings. The third kappa shape index (κ3) is 3.43. The van der Waals surface area contributed by atoms with Crippen LogP contribution in [0.25, 0.3) is 10.9 Å². The van der Waals surface area contributed by atoms with Gasteiger partial charge in [0.15, 0.2) is 9.84 Å². The van der Waals surface area contributed by atoms with Crippen molar-refractivity contribution in [1.82, 2.24) is 9.88 Å². The molecule has 1 saturated heterocycles. The van der Waals surface area contributed by atoms with E-state index >= 15 is 0 Å². The molecule has 3 aromatic rings. The number of amides is 1. The summed E-state index contributed by atoms with van der Waals surface area (Å²) in [7, 11) is -3.58. The maximum Gasteiger partial charge on any atom is 0.254 e. The zero-order valence-electron chi connectivity index (χ0n) is 14.4. The van der Waals surface area contributed by atoms with Crippen LogP contribution in [0.3, 0.4) is 0 Å². The fourth-order valence-electron chi connectivity index (χ4n) is 3.17. The molecule has 0 saturated carbocycles. The molecular weight excluding hydrogens is 364 g/mol. The zero-order chi connectivity index (χ0) is 19.0. The molecular formula is C20H18N2O4S. The van der Waals surface area contributed by atoms with Gasteiger partial charge in [0.1, 0.15) is 0 Å². The highest BCUT2D eigenvalue weighted by molar-refractivity contribution is 7.90. The molecule has 1 aromatic heterocycles. The van der Waals surface area contributed by atoms with E-state index in [1.165, 1.54) is 0 Å². The van der Waals surface area contributed by atoms with Gasteiger partial charge < -0.3 is 10.0 Å². The fraction of sp³-hybridized carbons (Fsp3) is 0.200. The number of hydrogen-bond donors (Lipinski definition) is 1. The van der Waals surface area contributed by atoms with Crippen molar-refractivity contribution in [1.29, 1.82) is 0 Å². The average Bonchev–Trinajstić information content (AvgIpc) is 2.65. The minimum absolute atomic E-state index is 0.159. The summed E-state index contributed by atoms with van der Waals surface area (Å²) in [6, 6.07) is 15.3. The standard InChI is InChI=1S/C20H18N2O4S/c23-17-11-22(12-17)20(24)16-8-6-14(7-9-16)13-27(25,26)18-5-1-3-15-4-2-10-21-19(15)18/h1-10,17,23H,11-13H2. The summed E-state index contributed by atoms with van der Waals surface area (Å²) in [6.45, 7) is 0.673. The maximum absolute atomic E-state index is 12.9. The molecule has 4 rings (SSSR count). The van der Waals surface area contributed by atoms with Gasteiger partial charge in [-0.1, -0.05) is 30.3 Å². The summed E-state index contributed by atoms with van der Waals surface area (Å²) < 4.78 is 25.8. The lowest BCUT2D eigenvalue weighted by molar-refractivity contribution is 0.00589. The summed E-state index contributed by atoms with van der Waals surface area (Å²) in [5.74, 6) is -0.326. The van der Waals surface area contributed by atoms with Crippen molar-refractivity contribution < 1.29 is 18.3 Å². The predicted octanol–water partition coefficient (Wildman–Crippen LogP) is 2.03. The van der Waals surface area contributed by atoms with E-state index in [0.717, 1.165) is 5.39 Å². The molecule has 27 heavy (non-hydrogen) atoms. The Hall–Kier alpha value is -2.77. The number of benzene rings is 2. The second-order valence-electron chi connectivity index (χ2n) is 6.65. The van der Waals surface area contributed by atoms with E-state index in [1.54, 1.807) is 53.6 Å². The van der Waals surface area contributed by atoms with Gasteiger partial charge in [-0.05, 0) is 29.8 Å². The van der Waals surface area contributed by atoms with Crippen LogP contribution in [0.4, 0.5) is 0 Å². The molecule has 0 aliphatic carbocycles. The smallest absolute Gasteiger partial charge is 0.254 e. The van der Waals surface area contributed by atoms with E-state index in [2.05, 4.69) is 4.98 Å². The van der Waals surface area contributed by atoms with Gasteiger partial charge in [0.2, 0.25) is 0 Å². The highest BCUT2D eigenvalue weighted by Gasteiger charge is 2.29. The van der Waals surface area contributed by atoms with Crippen LogP contribution >= 0.6 is 0 Å². The number of fused-ring (bicyclic) bond motifs is 1. The Labute approximate surface area is 157 Å². The third-order valence-corrected chi connectivity index (χ3v) is 6.35. The number of rotatable bonds is 4. The van der Waals surface area contributed by atoms with Crippen molar-refractivity contribution in [2.24, 2.45) is 0 Å². The number of likely N-dealkylation sites (tertiary alicyclic amines) is 1. The van der Waals surface area contributed by atoms with Crippen molar-refractivity contribution in [3.05, 3.63) is 71.9 Å². The minimum atomic E-state index is -3.58. The highest BCUT2D eigenvalue weighted by Crippen LogP contribution is 2.24. The van der Waals surface area contributed by atoms with E-state index < -0.39 is 15.9 Å². The van der Waals surface area contributed by atoms with Gasteiger partial charge >= 0.3 is 0 Å². The second kappa shape index (κ2) is 6.75. The monoisotopic (exact) mass is 382 g/mol. The van der Waals surface area contributed by atoms with Gasteiger partial charge in [-0.2, -0.15) is 0 Å². The van der Waals surface area contributed by atoms with Crippen LogP contribution in [0.2, 0.25) is 0 Å². The Balaban J connectivity index is 1.57. The fourth-order valence-corrected chi connectivity index (χ4v) is 4.71. The molecule has 138 valence electrons. The molecule has 1 amide bonds. The van der Waals surface area contributed by atoms with Gasteiger partial charge in [0.25, 0.3) is 5.91 Å². The van der Waals surface area contributed by atoms with Crippen LogP contribution in [0.1, 0.15) is 15.9 Å². The lowest BCUT2D eigenvalue weighted by Crippen LogP contribution is -2.53. The number of para-hydroxylation sites is 1. The summed E-state index contributed by atoms with van der Waals surface area (Å²) >= 11 is 0. The molecule has 0 unspecified atom stereocenters. The first kappa shape index (κ1) is 17.6. The largest absolute Gasteiger partial charge is 0.389 e. The van der Waals surface area contributed by atoms with Gasteiger partial charge in [-0.25, -0.2) is 8.42 Å². The van der Waals surface area contributed by atoms with Crippen LogP contribution in [0.5, 0.6) is 0 Å². The first-order valence-electron chi connectivity index (χ1n) is 8.57. The SMILES string of the molecule is O=C(c1ccc(CS(=O)(=O)c2cccc3cccnc23)cc1)N1CC(O)C1. The van der Waals surface area contributed by atoms with E-state index in [0.29, 0.717) is 29.7 Å². The number of carbonyl (C=O) groups is 1. The molecule has 0 bridgehead atoms. The molecule has 6 nitrogen and oxygen atoms in total. The second-order valence-corrected chi connectivity index (χ2v) is 8.61. The third-order valence-electron chi connectivity index (χ3n) is 4.64. The van der Waals surface area contributed by atoms with E-state index in [4.69, 9.17) is 0 Å². The first-order valence-corrected chi connectivity index (χ1v) is 10.2. The number of carbonyl (C=O) groups excluding carboxylic acids is 1. The van der Waals surface area contributed by atoms with Crippen LogP contribution in [0.15, 0.2) is 65.7 Å². The van der Waals surface area contributed by atoms with Crippen molar-refractivity contribution in [2.45, 2.75) is 16.8 Å². The number of nitrogens with zero attached hydrogens (tertiary/aromatic N) is 2. The molecule has 1 N–H and O–H groups in total. The zero-order valence-corrected chi connectivity index (χ0v) is 15.3. The number of β-amino-alcohol motifs (C(OH)–C–C–N with tert-alkyl or cyclic N) is 1. The van der Waals surface area contributed by atoms with Crippen LogP contribution in [0, 0.1) is 0 Å². The maximum atomic E-state index is 12.9. The molecule has 1 aliphatic heterocycles. The molecule has 1 aliphatic rings. The van der Waals surface area contributed by atoms with Gasteiger partial charge in [0, 0.05) is 30.2 Å². The van der Waals surface area contributed by atoms with Crippen molar-refractivity contribution in [3.8, 4) is 0 Å². The molecule has 0 spiro atoms. The Morgan fingerprint density at radius 1 is 1.07 bits per heavy atom. The van der Waals surface area contributed by atoms with Crippen molar-refractivity contribution in [2.75, 3.05) is 13.1 Å². The summed E-state index contributed by atoms with van der Waals surface area (Å²) in [6.07, 6.45) is 1.13. The Morgan fingerprint density at radius 3 is 2.48 bits per heavy atom. The number of sulfone groups is 1. The van der Waals surface area contributed by atoms with Gasteiger partial charge in [-0.15, -0.1) is 0 Å². The first-order chi connectivity index (χ1) is 12.9. The lowest BCUT2D eigenvalue weighted by Gasteiger charge is -2.35. The van der Waals surface area contributed by atoms with Crippen molar-refractivity contribution >= 4 is 26.6 Å². The highest BCUT2D eigenvalue weighted by atomic mass is 32.2. The molecule has 2 heterocycles. The van der Waals surface area contributed by atoms with E-state index in [-0.39, 0.29) is 16.6 Å². The van der Waals surface area contributed by atoms with Crippen molar-refractivity contribution in [3.63, 3.8) is 0 Å². The number of hydrogen-bond acceptors (Lipinski definition) is 5. The summed E-state index contributed by atoms with van der Waals surface area (Å²) in [5.41, 5.74) is 1.54. The number of aliphatic hydroxyl groups excluding tert-OH is 1. The minimum Gasteiger partial charge on any atom is -0.389 e. The van der Waals surface area contributed by atoms with E-state index in [9.17, 15) is 18.3 Å². The topological polar surface area (TPSA) is 87.6 Å². The lowest BCUT2D eigenvalue weighted by atomic mass is 10.1. The average molecular weight is 382 g/mol. The Kier molecular flexibility index (Phi) is 4.41. The Bertz CT molecular complexity index is 1100. The van der Waals surface area contributed by atoms with Gasteiger partial charge in [0.05, 0.1) is 22.3 Å². The van der Waals surface area contributed by atoms with Crippen LogP contribution in [-0.4, -0.2) is 48.5 Å². The predicted molar refractivity (Wildman–Crippen MR) is 101 cm³/mol. The van der Waals surface area contributed by atoms with E-state index in [1.807, 2.05) is 12.1 Å². The normalized spacial score (nSPS) is 14.9. The van der Waals surface area contributed by atoms with Crippen LogP contribution < -0.4 is 0 Å². The van der Waals surface area contributed by atoms with Crippen LogP contribution in [-0.2, 0) is 15.6 Å². The number of pyridine rings is 1. The molecule has 0 radical (unpaired) electrons. The molecule has 7 heteroatoms. The number of aliphatic hydroxyl groups is 1. The Morgan fingerprint density at radius 2 is 1.78 bits per heavy atom. The molecule has 0 atom stereocenters. The summed E-state index contributed by atoms with van der Waals surface area (Å²) in [4.78, 5) is 18.2. The van der Waals surface area contributed by atoms with Gasteiger partial charge in [-0.3, -0.25) is 9.78 Å². The summed E-state index contributed by atoms with van der Waals surface area (Å²) in [5, 5.41) is 10.1.